The summed E-state index contributed by atoms with van der Waals surface area (Å²) in [6.45, 7) is 0. The van der Waals surface area contributed by atoms with Crippen molar-refractivity contribution in [3.05, 3.63) is 140 Å². The van der Waals surface area contributed by atoms with E-state index in [1.807, 2.05) is 72.8 Å². The fourth-order valence-electron chi connectivity index (χ4n) is 6.37. The molecule has 0 unspecified atom stereocenters. The zero-order valence-electron chi connectivity index (χ0n) is 23.7. The van der Waals surface area contributed by atoms with Gasteiger partial charge < -0.3 is 19.0 Å². The topological polar surface area (TPSA) is 65.1 Å². The largest absolute Gasteiger partial charge is 0.506 e. The number of ether oxygens (including phenoxy) is 1. The smallest absolute Gasteiger partial charge is 0.217 e. The van der Waals surface area contributed by atoms with E-state index in [0.29, 0.717) is 17.1 Å². The zero-order chi connectivity index (χ0) is 29.2. The van der Waals surface area contributed by atoms with E-state index in [2.05, 4.69) is 68.7 Å². The first-order valence-electron chi connectivity index (χ1n) is 14.4. The molecular weight excluding hydrogens is 740 g/mol. The summed E-state index contributed by atoms with van der Waals surface area (Å²) in [4.78, 5) is 9.39. The van der Waals surface area contributed by atoms with Gasteiger partial charge in [0, 0.05) is 60.8 Å². The summed E-state index contributed by atoms with van der Waals surface area (Å²) < 4.78 is 10.6. The molecule has 218 valence electrons. The number of pyridine rings is 2. The molecule has 1 N–H and O–H groups in total. The van der Waals surface area contributed by atoms with Gasteiger partial charge in [0.15, 0.2) is 0 Å². The van der Waals surface area contributed by atoms with E-state index in [0.717, 1.165) is 49.7 Å². The molecule has 0 atom stereocenters. The van der Waals surface area contributed by atoms with Crippen LogP contribution in [0.5, 0.6) is 17.4 Å². The molecule has 0 aliphatic rings. The van der Waals surface area contributed by atoms with Gasteiger partial charge in [0.2, 0.25) is 5.88 Å². The van der Waals surface area contributed by atoms with Crippen molar-refractivity contribution in [3.8, 4) is 28.9 Å². The van der Waals surface area contributed by atoms with Crippen LogP contribution in [0.1, 0.15) is 0 Å². The van der Waals surface area contributed by atoms with Gasteiger partial charge in [-0.25, -0.2) is 9.97 Å². The molecule has 4 aromatic heterocycles. The molecule has 0 fully saturated rings. The average Bonchev–Trinajstić information content (AvgIpc) is 3.58. The van der Waals surface area contributed by atoms with Crippen molar-refractivity contribution in [2.24, 2.45) is 0 Å². The summed E-state index contributed by atoms with van der Waals surface area (Å²) in [5.74, 6) is 1.77. The number of phenolic OH excluding ortho intramolecular Hbond substituents is 1. The minimum Gasteiger partial charge on any atom is -0.506 e. The number of para-hydroxylation sites is 3. The first-order valence-corrected chi connectivity index (χ1v) is 14.4. The number of aromatic nitrogens is 4. The van der Waals surface area contributed by atoms with Gasteiger partial charge in [0.1, 0.15) is 17.1 Å². The van der Waals surface area contributed by atoms with E-state index in [4.69, 9.17) is 9.72 Å². The van der Waals surface area contributed by atoms with Gasteiger partial charge in [-0.1, -0.05) is 66.2 Å². The quantitative estimate of drug-likeness (QED) is 0.182. The van der Waals surface area contributed by atoms with Crippen molar-refractivity contribution >= 4 is 54.5 Å². The SMILES string of the molecule is Oc1ccc(-n2c3ccccc3c3ccccc32)c2ccc(Oc3[c-]c4c(cc3)c3ccccc3n4-c3ccccn3)nc12.[Pt]. The third-order valence-corrected chi connectivity index (χ3v) is 8.26. The van der Waals surface area contributed by atoms with Crippen LogP contribution in [0.25, 0.3) is 66.0 Å². The van der Waals surface area contributed by atoms with Crippen LogP contribution in [0.4, 0.5) is 0 Å². The van der Waals surface area contributed by atoms with E-state index in [1.165, 1.54) is 10.8 Å². The monoisotopic (exact) mass is 762 g/mol. The van der Waals surface area contributed by atoms with Crippen LogP contribution in [0.2, 0.25) is 0 Å². The van der Waals surface area contributed by atoms with E-state index in [-0.39, 0.29) is 26.8 Å². The Morgan fingerprint density at radius 3 is 1.89 bits per heavy atom. The molecule has 0 bridgehead atoms. The van der Waals surface area contributed by atoms with Gasteiger partial charge in [-0.2, -0.15) is 6.07 Å². The number of aromatic hydroxyl groups is 1. The number of hydrogen-bond donors (Lipinski definition) is 1. The van der Waals surface area contributed by atoms with Gasteiger partial charge in [-0.05, 0) is 53.9 Å². The van der Waals surface area contributed by atoms with Crippen LogP contribution in [0, 0.1) is 6.07 Å². The van der Waals surface area contributed by atoms with Crippen molar-refractivity contribution in [2.45, 2.75) is 0 Å². The zero-order valence-corrected chi connectivity index (χ0v) is 25.9. The van der Waals surface area contributed by atoms with Crippen molar-refractivity contribution in [1.29, 1.82) is 0 Å². The van der Waals surface area contributed by atoms with Gasteiger partial charge in [0.05, 0.1) is 16.7 Å². The molecule has 45 heavy (non-hydrogen) atoms. The second kappa shape index (κ2) is 10.6. The first kappa shape index (κ1) is 27.1. The Kier molecular flexibility index (Phi) is 6.40. The van der Waals surface area contributed by atoms with Crippen LogP contribution >= 0.6 is 0 Å². The molecule has 0 amide bonds. The Hall–Kier alpha value is -5.45. The number of phenols is 1. The summed E-state index contributed by atoms with van der Waals surface area (Å²) in [6.07, 6.45) is 1.79. The summed E-state index contributed by atoms with van der Waals surface area (Å²) in [7, 11) is 0. The molecule has 9 aromatic rings. The predicted molar refractivity (Wildman–Crippen MR) is 175 cm³/mol. The van der Waals surface area contributed by atoms with Crippen LogP contribution in [-0.4, -0.2) is 24.2 Å². The molecular formula is C38H23N4O2Pt-. The van der Waals surface area contributed by atoms with Gasteiger partial charge in [-0.3, -0.25) is 0 Å². The minimum absolute atomic E-state index is 0. The number of hydrogen-bond acceptors (Lipinski definition) is 4. The molecule has 5 aromatic carbocycles. The fourth-order valence-corrected chi connectivity index (χ4v) is 6.37. The van der Waals surface area contributed by atoms with Crippen LogP contribution in [0.3, 0.4) is 0 Å². The second-order valence-electron chi connectivity index (χ2n) is 10.7. The second-order valence-corrected chi connectivity index (χ2v) is 10.7. The Labute approximate surface area is 272 Å². The Balaban J connectivity index is 0.00000300. The van der Waals surface area contributed by atoms with Crippen molar-refractivity contribution in [1.82, 2.24) is 19.1 Å². The van der Waals surface area contributed by atoms with E-state index in [9.17, 15) is 5.11 Å². The van der Waals surface area contributed by atoms with E-state index < -0.39 is 0 Å². The fraction of sp³-hybridized carbons (Fsp3) is 0. The molecule has 0 aliphatic heterocycles. The third-order valence-electron chi connectivity index (χ3n) is 8.26. The summed E-state index contributed by atoms with van der Waals surface area (Å²) in [5, 5.41) is 16.3. The Morgan fingerprint density at radius 1 is 0.578 bits per heavy atom. The molecule has 0 radical (unpaired) electrons. The van der Waals surface area contributed by atoms with E-state index in [1.54, 1.807) is 12.3 Å². The molecule has 0 aliphatic carbocycles. The number of nitrogens with zero attached hydrogens (tertiary/aromatic N) is 4. The van der Waals surface area contributed by atoms with Crippen LogP contribution < -0.4 is 4.74 Å². The predicted octanol–water partition coefficient (Wildman–Crippen LogP) is 9.12. The molecule has 0 saturated heterocycles. The average molecular weight is 763 g/mol. The van der Waals surface area contributed by atoms with Gasteiger partial charge in [-0.15, -0.1) is 17.5 Å². The normalized spacial score (nSPS) is 11.5. The van der Waals surface area contributed by atoms with E-state index >= 15 is 0 Å². The molecule has 7 heteroatoms. The molecule has 6 nitrogen and oxygen atoms in total. The molecule has 0 saturated carbocycles. The molecule has 0 spiro atoms. The van der Waals surface area contributed by atoms with Gasteiger partial charge >= 0.3 is 0 Å². The summed E-state index contributed by atoms with van der Waals surface area (Å²) in [6, 6.07) is 45.7. The van der Waals surface area contributed by atoms with Gasteiger partial charge in [0.25, 0.3) is 0 Å². The van der Waals surface area contributed by atoms with Crippen molar-refractivity contribution in [2.75, 3.05) is 0 Å². The number of fused-ring (bicyclic) bond motifs is 7. The summed E-state index contributed by atoms with van der Waals surface area (Å²) >= 11 is 0. The van der Waals surface area contributed by atoms with Crippen molar-refractivity contribution in [3.63, 3.8) is 0 Å². The summed E-state index contributed by atoms with van der Waals surface area (Å²) in [5.41, 5.74) is 5.48. The maximum absolute atomic E-state index is 10.9. The standard InChI is InChI=1S/C38H23N4O2.Pt/c43-35-20-19-33(41-30-12-4-1-9-25(30)26-10-2-5-13-31(26)41)29-18-21-37(40-38(29)35)44-24-16-17-28-27-11-3-6-14-32(27)42(34(28)23-24)36-15-7-8-22-39-36;/h1-22,43H;/q-1;. The maximum atomic E-state index is 10.9. The molecule has 4 heterocycles. The third kappa shape index (κ3) is 4.21. The minimum atomic E-state index is 0. The van der Waals surface area contributed by atoms with Crippen LogP contribution in [-0.2, 0) is 21.1 Å². The first-order chi connectivity index (χ1) is 21.7. The molecule has 9 rings (SSSR count). The van der Waals surface area contributed by atoms with Crippen LogP contribution in [0.15, 0.2) is 134 Å². The Morgan fingerprint density at radius 2 is 1.20 bits per heavy atom. The Bertz CT molecular complexity index is 2500. The number of rotatable bonds is 4. The number of benzene rings is 5. The van der Waals surface area contributed by atoms with Crippen molar-refractivity contribution < 1.29 is 30.9 Å². The maximum Gasteiger partial charge on any atom is 0.217 e.